The van der Waals surface area contributed by atoms with E-state index >= 15 is 0 Å². The monoisotopic (exact) mass is 269 g/mol. The van der Waals surface area contributed by atoms with Crippen LogP contribution in [0.5, 0.6) is 0 Å². The highest BCUT2D eigenvalue weighted by Crippen LogP contribution is 2.27. The van der Waals surface area contributed by atoms with Crippen molar-refractivity contribution in [1.29, 1.82) is 0 Å². The van der Waals surface area contributed by atoms with Crippen LogP contribution < -0.4 is 4.13 Å². The van der Waals surface area contributed by atoms with Crippen LogP contribution in [0, 0.1) is 0 Å². The smallest absolute Gasteiger partial charge is 0.254 e. The van der Waals surface area contributed by atoms with Crippen LogP contribution in [-0.2, 0) is 24.5 Å². The van der Waals surface area contributed by atoms with Gasteiger partial charge in [-0.2, -0.15) is 21.6 Å². The Balaban J connectivity index is 2.76. The molecule has 0 aromatic heterocycles. The topological polar surface area (TPSA) is 89.5 Å². The second kappa shape index (κ2) is 3.57. The second-order valence-corrected chi connectivity index (χ2v) is 6.02. The minimum atomic E-state index is -5.94. The van der Waals surface area contributed by atoms with Gasteiger partial charge in [0.2, 0.25) is 0 Å². The van der Waals surface area contributed by atoms with E-state index < -0.39 is 31.9 Å². The summed E-state index contributed by atoms with van der Waals surface area (Å²) in [5.41, 5.74) is -5.69. The molecule has 15 heavy (non-hydrogen) atoms. The fourth-order valence-electron chi connectivity index (χ4n) is 0.545. The lowest BCUT2D eigenvalue weighted by Gasteiger charge is -2.09. The highest BCUT2D eigenvalue weighted by atomic mass is 32.3. The summed E-state index contributed by atoms with van der Waals surface area (Å²) in [6.07, 6.45) is 0.00545. The number of alkyl halides is 3. The molecular weight excluding hydrogens is 263 g/mol. The summed E-state index contributed by atoms with van der Waals surface area (Å²) < 4.78 is 82.0. The molecule has 0 aromatic carbocycles. The average molecular weight is 269 g/mol. The first kappa shape index (κ1) is 12.7. The zero-order valence-electron chi connectivity index (χ0n) is 6.98. The van der Waals surface area contributed by atoms with Gasteiger partial charge < -0.3 is 0 Å². The summed E-state index contributed by atoms with van der Waals surface area (Å²) in [6, 6.07) is 0. The standard InChI is InChI=1S/C4H6F3NO5S2/c5-4(6,7)14(9,10)8-15(11,12)13-3-1-2-3/h3,8H,1-2H2. The molecule has 1 fully saturated rings. The van der Waals surface area contributed by atoms with Crippen LogP contribution in [0.4, 0.5) is 13.2 Å². The normalized spacial score (nSPS) is 19.1. The molecule has 0 heterocycles. The van der Waals surface area contributed by atoms with Gasteiger partial charge >= 0.3 is 25.8 Å². The number of nitrogens with one attached hydrogen (secondary N) is 1. The molecule has 1 N–H and O–H groups in total. The van der Waals surface area contributed by atoms with Crippen LogP contribution in [0.15, 0.2) is 0 Å². The first-order valence-electron chi connectivity index (χ1n) is 3.56. The molecule has 0 unspecified atom stereocenters. The Bertz CT molecular complexity index is 433. The highest BCUT2D eigenvalue weighted by Gasteiger charge is 2.49. The van der Waals surface area contributed by atoms with Crippen molar-refractivity contribution in [3.05, 3.63) is 0 Å². The maximum atomic E-state index is 11.7. The molecule has 1 saturated carbocycles. The van der Waals surface area contributed by atoms with E-state index in [1.165, 1.54) is 0 Å². The van der Waals surface area contributed by atoms with E-state index in [4.69, 9.17) is 0 Å². The quantitative estimate of drug-likeness (QED) is 0.766. The molecule has 0 aliphatic heterocycles. The fraction of sp³-hybridized carbons (Fsp3) is 1.00. The largest absolute Gasteiger partial charge is 0.512 e. The zero-order valence-corrected chi connectivity index (χ0v) is 8.62. The Hall–Kier alpha value is -0.390. The Morgan fingerprint density at radius 2 is 1.60 bits per heavy atom. The lowest BCUT2D eigenvalue weighted by atomic mass is 10.9. The van der Waals surface area contributed by atoms with E-state index in [9.17, 15) is 30.0 Å². The molecule has 1 aliphatic rings. The number of hydrogen-bond donors (Lipinski definition) is 1. The summed E-state index contributed by atoms with van der Waals surface area (Å²) in [6.45, 7) is 0. The highest BCUT2D eigenvalue weighted by molar-refractivity contribution is 8.03. The van der Waals surface area contributed by atoms with Gasteiger partial charge in [-0.05, 0) is 12.8 Å². The molecule has 1 aliphatic carbocycles. The number of sulfonamides is 1. The predicted molar refractivity (Wildman–Crippen MR) is 41.1 cm³/mol. The van der Waals surface area contributed by atoms with Gasteiger partial charge in [0, 0.05) is 0 Å². The Morgan fingerprint density at radius 3 is 1.93 bits per heavy atom. The van der Waals surface area contributed by atoms with Gasteiger partial charge in [0.1, 0.15) is 0 Å². The van der Waals surface area contributed by atoms with Crippen molar-refractivity contribution in [3.63, 3.8) is 0 Å². The maximum Gasteiger partial charge on any atom is 0.512 e. The molecule has 0 amide bonds. The van der Waals surface area contributed by atoms with Crippen molar-refractivity contribution in [1.82, 2.24) is 4.13 Å². The van der Waals surface area contributed by atoms with Crippen molar-refractivity contribution in [2.45, 2.75) is 24.5 Å². The van der Waals surface area contributed by atoms with Crippen molar-refractivity contribution >= 4 is 20.3 Å². The Morgan fingerprint density at radius 1 is 1.13 bits per heavy atom. The van der Waals surface area contributed by atoms with Gasteiger partial charge in [-0.1, -0.05) is 4.13 Å². The lowest BCUT2D eigenvalue weighted by molar-refractivity contribution is -0.0442. The Labute approximate surface area is 83.7 Å². The van der Waals surface area contributed by atoms with E-state index in [1.54, 1.807) is 0 Å². The van der Waals surface area contributed by atoms with E-state index in [1.807, 2.05) is 0 Å². The summed E-state index contributed by atoms with van der Waals surface area (Å²) >= 11 is 0. The zero-order chi connectivity index (χ0) is 11.9. The molecule has 0 radical (unpaired) electrons. The van der Waals surface area contributed by atoms with Crippen LogP contribution in [-0.4, -0.2) is 28.4 Å². The summed E-state index contributed by atoms with van der Waals surface area (Å²) in [5, 5.41) is 0. The fourth-order valence-corrected chi connectivity index (χ4v) is 2.71. The molecule has 11 heteroatoms. The van der Waals surface area contributed by atoms with Gasteiger partial charge in [-0.15, -0.1) is 0 Å². The molecule has 1 rings (SSSR count). The Kier molecular flexibility index (Phi) is 3.02. The molecule has 0 saturated heterocycles. The molecule has 90 valence electrons. The molecular formula is C4H6F3NO5S2. The molecule has 0 aromatic rings. The van der Waals surface area contributed by atoms with Crippen molar-refractivity contribution in [3.8, 4) is 0 Å². The number of halogens is 3. The summed E-state index contributed by atoms with van der Waals surface area (Å²) in [5.74, 6) is 0. The number of hydrogen-bond acceptors (Lipinski definition) is 5. The third-order valence-corrected chi connectivity index (χ3v) is 4.13. The van der Waals surface area contributed by atoms with E-state index in [0.717, 1.165) is 0 Å². The van der Waals surface area contributed by atoms with Gasteiger partial charge in [0.05, 0.1) is 6.10 Å². The van der Waals surface area contributed by atoms with Gasteiger partial charge in [-0.3, -0.25) is 4.18 Å². The third kappa shape index (κ3) is 3.59. The van der Waals surface area contributed by atoms with Gasteiger partial charge in [0.15, 0.2) is 0 Å². The average Bonchev–Trinajstić information content (AvgIpc) is 2.64. The summed E-state index contributed by atoms with van der Waals surface area (Å²) in [4.78, 5) is 0. The second-order valence-electron chi connectivity index (χ2n) is 2.78. The van der Waals surface area contributed by atoms with Gasteiger partial charge in [0.25, 0.3) is 0 Å². The number of rotatable bonds is 4. The van der Waals surface area contributed by atoms with Crippen molar-refractivity contribution < 1.29 is 34.2 Å². The molecule has 6 nitrogen and oxygen atoms in total. The van der Waals surface area contributed by atoms with Crippen LogP contribution in [0.1, 0.15) is 12.8 Å². The van der Waals surface area contributed by atoms with Crippen LogP contribution in [0.2, 0.25) is 0 Å². The first-order valence-corrected chi connectivity index (χ1v) is 6.46. The van der Waals surface area contributed by atoms with Crippen LogP contribution in [0.25, 0.3) is 0 Å². The van der Waals surface area contributed by atoms with E-state index in [0.29, 0.717) is 17.0 Å². The maximum absolute atomic E-state index is 11.7. The van der Waals surface area contributed by atoms with Crippen LogP contribution in [0.3, 0.4) is 0 Å². The third-order valence-electron chi connectivity index (χ3n) is 1.30. The minimum Gasteiger partial charge on any atom is -0.254 e. The van der Waals surface area contributed by atoms with E-state index in [2.05, 4.69) is 4.18 Å². The first-order chi connectivity index (χ1) is 6.54. The van der Waals surface area contributed by atoms with Crippen molar-refractivity contribution in [2.24, 2.45) is 0 Å². The van der Waals surface area contributed by atoms with Crippen molar-refractivity contribution in [2.75, 3.05) is 0 Å². The predicted octanol–water partition coefficient (Wildman–Crippen LogP) is -0.151. The lowest BCUT2D eigenvalue weighted by Crippen LogP contribution is -2.41. The van der Waals surface area contributed by atoms with E-state index in [-0.39, 0.29) is 0 Å². The molecule has 0 bridgehead atoms. The van der Waals surface area contributed by atoms with Crippen LogP contribution >= 0.6 is 0 Å². The molecule has 0 atom stereocenters. The minimum absolute atomic E-state index is 0.368. The SMILES string of the molecule is O=S(=O)(NS(=O)(=O)C(F)(F)F)OC1CC1. The summed E-state index contributed by atoms with van der Waals surface area (Å²) in [7, 11) is -10.9. The van der Waals surface area contributed by atoms with Gasteiger partial charge in [-0.25, -0.2) is 8.42 Å². The molecule has 0 spiro atoms.